The van der Waals surface area contributed by atoms with Crippen molar-refractivity contribution in [1.82, 2.24) is 9.47 Å². The number of methoxy groups -OCH3 is 1. The molecule has 2 aromatic rings. The van der Waals surface area contributed by atoms with Crippen LogP contribution in [0.3, 0.4) is 0 Å². The summed E-state index contributed by atoms with van der Waals surface area (Å²) < 4.78 is 7.29. The van der Waals surface area contributed by atoms with E-state index in [0.29, 0.717) is 5.69 Å². The van der Waals surface area contributed by atoms with Crippen molar-refractivity contribution >= 4 is 17.3 Å². The van der Waals surface area contributed by atoms with E-state index in [1.54, 1.807) is 0 Å². The molecule has 3 rings (SSSR count). The van der Waals surface area contributed by atoms with Gasteiger partial charge < -0.3 is 14.6 Å². The number of aryl methyl sites for hydroxylation is 1. The molecule has 0 unspecified atom stereocenters. The van der Waals surface area contributed by atoms with Crippen LogP contribution in [0.4, 0.5) is 11.4 Å². The fourth-order valence-electron chi connectivity index (χ4n) is 3.68. The Kier molecular flexibility index (Phi) is 5.46. The second kappa shape index (κ2) is 7.79. The molecule has 0 radical (unpaired) electrons. The minimum atomic E-state index is -0.495. The summed E-state index contributed by atoms with van der Waals surface area (Å²) in [5.74, 6) is 0.105. The lowest BCUT2D eigenvalue weighted by Crippen LogP contribution is -2.42. The average molecular weight is 372 g/mol. The first kappa shape index (κ1) is 18.9. The number of nitro benzene ring substituents is 1. The molecule has 2 heterocycles. The van der Waals surface area contributed by atoms with E-state index in [0.717, 1.165) is 19.4 Å². The summed E-state index contributed by atoms with van der Waals surface area (Å²) in [5, 5.41) is 13.8. The van der Waals surface area contributed by atoms with Crippen molar-refractivity contribution in [3.05, 3.63) is 52.3 Å². The van der Waals surface area contributed by atoms with Gasteiger partial charge in [0, 0.05) is 25.0 Å². The summed E-state index contributed by atoms with van der Waals surface area (Å²) in [6.07, 6.45) is 4.06. The highest BCUT2D eigenvalue weighted by Crippen LogP contribution is 2.34. The number of nitro groups is 1. The Morgan fingerprint density at radius 2 is 2.19 bits per heavy atom. The molecule has 8 nitrogen and oxygen atoms in total. The van der Waals surface area contributed by atoms with E-state index in [9.17, 15) is 14.9 Å². The highest BCUT2D eigenvalue weighted by atomic mass is 16.6. The van der Waals surface area contributed by atoms with Gasteiger partial charge >= 0.3 is 0 Å². The van der Waals surface area contributed by atoms with E-state index in [4.69, 9.17) is 4.74 Å². The van der Waals surface area contributed by atoms with Crippen LogP contribution < -0.4 is 10.1 Å². The minimum Gasteiger partial charge on any atom is -0.494 e. The SMILES string of the molecule is COc1cc([N+](=O)[O-])ccc1NC(=O)[C@H](C)N1CCC[C@@H]1c1cccn1C. The number of ether oxygens (including phenoxy) is 1. The third kappa shape index (κ3) is 3.80. The first-order chi connectivity index (χ1) is 12.9. The van der Waals surface area contributed by atoms with Crippen molar-refractivity contribution < 1.29 is 14.5 Å². The van der Waals surface area contributed by atoms with Gasteiger partial charge in [-0.25, -0.2) is 0 Å². The number of rotatable bonds is 6. The molecule has 27 heavy (non-hydrogen) atoms. The lowest BCUT2D eigenvalue weighted by Gasteiger charge is -2.30. The Labute approximate surface area is 157 Å². The second-order valence-corrected chi connectivity index (χ2v) is 6.75. The summed E-state index contributed by atoms with van der Waals surface area (Å²) in [5.41, 5.74) is 1.54. The van der Waals surface area contributed by atoms with Gasteiger partial charge in [0.15, 0.2) is 0 Å². The van der Waals surface area contributed by atoms with Crippen LogP contribution in [0.1, 0.15) is 31.5 Å². The summed E-state index contributed by atoms with van der Waals surface area (Å²) >= 11 is 0. The maximum absolute atomic E-state index is 12.8. The maximum Gasteiger partial charge on any atom is 0.273 e. The number of nitrogens with one attached hydrogen (secondary N) is 1. The van der Waals surface area contributed by atoms with Crippen LogP contribution in [-0.2, 0) is 11.8 Å². The standard InChI is InChI=1S/C19H24N4O4/c1-13(22-11-5-7-17(22)16-6-4-10-21(16)2)19(24)20-15-9-8-14(23(25)26)12-18(15)27-3/h4,6,8-10,12-13,17H,5,7,11H2,1-3H3,(H,20,24)/t13-,17+/m0/s1. The van der Waals surface area contributed by atoms with Gasteiger partial charge in [0.2, 0.25) is 5.91 Å². The number of anilines is 1. The number of benzene rings is 1. The van der Waals surface area contributed by atoms with E-state index in [1.165, 1.54) is 31.0 Å². The van der Waals surface area contributed by atoms with Crippen LogP contribution in [0.15, 0.2) is 36.5 Å². The Hall–Kier alpha value is -2.87. The Balaban J connectivity index is 1.76. The molecule has 144 valence electrons. The normalized spacial score (nSPS) is 18.3. The van der Waals surface area contributed by atoms with Gasteiger partial charge in [0.25, 0.3) is 5.69 Å². The van der Waals surface area contributed by atoms with Crippen molar-refractivity contribution in [3.8, 4) is 5.75 Å². The first-order valence-corrected chi connectivity index (χ1v) is 8.92. The Bertz CT molecular complexity index is 848. The highest BCUT2D eigenvalue weighted by Gasteiger charge is 2.34. The van der Waals surface area contributed by atoms with Crippen LogP contribution in [-0.4, -0.2) is 40.0 Å². The number of nitrogens with zero attached hydrogens (tertiary/aromatic N) is 3. The van der Waals surface area contributed by atoms with Crippen LogP contribution in [0, 0.1) is 10.1 Å². The Morgan fingerprint density at radius 1 is 1.41 bits per heavy atom. The van der Waals surface area contributed by atoms with Crippen molar-refractivity contribution in [2.45, 2.75) is 31.8 Å². The monoisotopic (exact) mass is 372 g/mol. The van der Waals surface area contributed by atoms with Gasteiger partial charge in [-0.1, -0.05) is 0 Å². The zero-order chi connectivity index (χ0) is 19.6. The van der Waals surface area contributed by atoms with Gasteiger partial charge in [-0.2, -0.15) is 0 Å². The molecular formula is C19H24N4O4. The summed E-state index contributed by atoms with van der Waals surface area (Å²) in [6.45, 7) is 2.73. The number of aromatic nitrogens is 1. The second-order valence-electron chi connectivity index (χ2n) is 6.75. The molecule has 1 aromatic heterocycles. The molecule has 1 fully saturated rings. The molecule has 1 N–H and O–H groups in total. The lowest BCUT2D eigenvalue weighted by atomic mass is 10.1. The zero-order valence-electron chi connectivity index (χ0n) is 15.7. The summed E-state index contributed by atoms with van der Waals surface area (Å²) in [4.78, 5) is 25.5. The number of amides is 1. The third-order valence-corrected chi connectivity index (χ3v) is 5.15. The predicted octanol–water partition coefficient (Wildman–Crippen LogP) is 3.11. The molecule has 0 bridgehead atoms. The number of hydrogen-bond acceptors (Lipinski definition) is 5. The fraction of sp³-hybridized carbons (Fsp3) is 0.421. The highest BCUT2D eigenvalue weighted by molar-refractivity contribution is 5.96. The molecule has 1 aromatic carbocycles. The first-order valence-electron chi connectivity index (χ1n) is 8.92. The number of likely N-dealkylation sites (tertiary alicyclic amines) is 1. The maximum atomic E-state index is 12.8. The van der Waals surface area contributed by atoms with Gasteiger partial charge in [0.05, 0.1) is 35.9 Å². The van der Waals surface area contributed by atoms with E-state index in [2.05, 4.69) is 20.9 Å². The van der Waals surface area contributed by atoms with Gasteiger partial charge in [-0.3, -0.25) is 19.8 Å². The van der Waals surface area contributed by atoms with E-state index < -0.39 is 4.92 Å². The molecule has 1 amide bonds. The molecule has 1 aliphatic rings. The third-order valence-electron chi connectivity index (χ3n) is 5.15. The molecule has 0 spiro atoms. The minimum absolute atomic E-state index is 0.0822. The zero-order valence-corrected chi connectivity index (χ0v) is 15.7. The average Bonchev–Trinajstić information content (AvgIpc) is 3.29. The van der Waals surface area contributed by atoms with E-state index >= 15 is 0 Å². The topological polar surface area (TPSA) is 89.6 Å². The van der Waals surface area contributed by atoms with E-state index in [-0.39, 0.29) is 29.4 Å². The molecule has 8 heteroatoms. The van der Waals surface area contributed by atoms with Crippen LogP contribution in [0.5, 0.6) is 5.75 Å². The van der Waals surface area contributed by atoms with Crippen molar-refractivity contribution in [3.63, 3.8) is 0 Å². The predicted molar refractivity (Wildman–Crippen MR) is 102 cm³/mol. The van der Waals surface area contributed by atoms with Crippen LogP contribution >= 0.6 is 0 Å². The molecular weight excluding hydrogens is 348 g/mol. The van der Waals surface area contributed by atoms with Crippen molar-refractivity contribution in [2.75, 3.05) is 19.0 Å². The molecule has 1 saturated heterocycles. The van der Waals surface area contributed by atoms with Crippen LogP contribution in [0.25, 0.3) is 0 Å². The van der Waals surface area contributed by atoms with Crippen LogP contribution in [0.2, 0.25) is 0 Å². The van der Waals surface area contributed by atoms with E-state index in [1.807, 2.05) is 26.2 Å². The van der Waals surface area contributed by atoms with Crippen molar-refractivity contribution in [2.24, 2.45) is 7.05 Å². The number of carbonyl (C=O) groups excluding carboxylic acids is 1. The lowest BCUT2D eigenvalue weighted by molar-refractivity contribution is -0.384. The molecule has 0 aliphatic carbocycles. The van der Waals surface area contributed by atoms with Gasteiger partial charge in [-0.05, 0) is 44.5 Å². The summed E-state index contributed by atoms with van der Waals surface area (Å²) in [6, 6.07) is 8.12. The number of hydrogen-bond donors (Lipinski definition) is 1. The van der Waals surface area contributed by atoms with Gasteiger partial charge in [-0.15, -0.1) is 0 Å². The van der Waals surface area contributed by atoms with Gasteiger partial charge in [0.1, 0.15) is 5.75 Å². The fourth-order valence-corrected chi connectivity index (χ4v) is 3.68. The smallest absolute Gasteiger partial charge is 0.273 e. The molecule has 1 aliphatic heterocycles. The quantitative estimate of drug-likeness (QED) is 0.622. The number of non-ortho nitro benzene ring substituents is 1. The number of carbonyl (C=O) groups is 1. The molecule has 2 atom stereocenters. The Morgan fingerprint density at radius 3 is 2.81 bits per heavy atom. The van der Waals surface area contributed by atoms with Crippen molar-refractivity contribution in [1.29, 1.82) is 0 Å². The molecule has 0 saturated carbocycles. The largest absolute Gasteiger partial charge is 0.494 e. The summed E-state index contributed by atoms with van der Waals surface area (Å²) in [7, 11) is 3.43.